The molecule has 1 aromatic carbocycles. The number of fused-ring (bicyclic) bond motifs is 1. The summed E-state index contributed by atoms with van der Waals surface area (Å²) in [6.07, 6.45) is 3.24. The molecule has 0 aromatic heterocycles. The molecule has 3 unspecified atom stereocenters. The van der Waals surface area contributed by atoms with Crippen LogP contribution in [-0.4, -0.2) is 34.6 Å². The predicted molar refractivity (Wildman–Crippen MR) is 94.3 cm³/mol. The summed E-state index contributed by atoms with van der Waals surface area (Å²) in [5.74, 6) is 6.89. The second kappa shape index (κ2) is 6.61. The van der Waals surface area contributed by atoms with E-state index in [0.29, 0.717) is 23.2 Å². The van der Waals surface area contributed by atoms with Crippen LogP contribution in [0.2, 0.25) is 5.02 Å². The molecule has 2 fully saturated rings. The molecule has 1 saturated carbocycles. The summed E-state index contributed by atoms with van der Waals surface area (Å²) in [5, 5.41) is 14.2. The fraction of sp³-hybridized carbons (Fsp3) is 0.474. The molecule has 0 radical (unpaired) electrons. The molecular weight excluding hydrogens is 340 g/mol. The Morgan fingerprint density at radius 1 is 1.32 bits per heavy atom. The van der Waals surface area contributed by atoms with Crippen LogP contribution in [0.4, 0.5) is 4.79 Å². The van der Waals surface area contributed by atoms with Crippen molar-refractivity contribution in [3.05, 3.63) is 34.9 Å². The normalized spacial score (nSPS) is 28.1. The van der Waals surface area contributed by atoms with Crippen molar-refractivity contribution in [1.29, 1.82) is 0 Å². The first-order valence-corrected chi connectivity index (χ1v) is 9.02. The first-order chi connectivity index (χ1) is 12.1. The quantitative estimate of drug-likeness (QED) is 0.776. The number of halogens is 1. The number of benzene rings is 1. The molecule has 1 saturated heterocycles. The maximum atomic E-state index is 11.6. The van der Waals surface area contributed by atoms with Gasteiger partial charge in [0, 0.05) is 17.1 Å². The van der Waals surface area contributed by atoms with Gasteiger partial charge in [-0.15, -0.1) is 0 Å². The third-order valence-corrected chi connectivity index (χ3v) is 5.70. The van der Waals surface area contributed by atoms with Crippen molar-refractivity contribution in [2.75, 3.05) is 6.54 Å². The minimum Gasteiger partial charge on any atom is -0.465 e. The monoisotopic (exact) mass is 358 g/mol. The standard InChI is InChI=1S/C19H19ClN2O3/c20-14-7-3-4-12(10-14)8-9-16-17-15(13-5-1-2-6-13)11-22(19(23)24)18(17)25-21-16/h3-4,7,10,13,15,17-18H,1-2,5-6,11H2,(H,23,24). The fourth-order valence-corrected chi connectivity index (χ4v) is 4.50. The second-order valence-electron chi connectivity index (χ2n) is 6.90. The Kier molecular flexibility index (Phi) is 4.30. The minimum absolute atomic E-state index is 0.0640. The maximum absolute atomic E-state index is 11.6. The van der Waals surface area contributed by atoms with E-state index in [2.05, 4.69) is 17.0 Å². The Bertz CT molecular complexity index is 776. The average Bonchev–Trinajstić information content (AvgIpc) is 3.30. The van der Waals surface area contributed by atoms with E-state index in [1.165, 1.54) is 17.7 Å². The largest absolute Gasteiger partial charge is 0.465 e. The van der Waals surface area contributed by atoms with Gasteiger partial charge in [0.05, 0.1) is 5.92 Å². The zero-order valence-corrected chi connectivity index (χ0v) is 14.4. The highest BCUT2D eigenvalue weighted by Gasteiger charge is 2.53. The summed E-state index contributed by atoms with van der Waals surface area (Å²) in [6.45, 7) is 0.507. The Labute approximate surface area is 151 Å². The van der Waals surface area contributed by atoms with E-state index in [0.717, 1.165) is 18.4 Å². The molecular formula is C19H19ClN2O3. The zero-order chi connectivity index (χ0) is 17.4. The van der Waals surface area contributed by atoms with Crippen LogP contribution in [0.15, 0.2) is 29.4 Å². The van der Waals surface area contributed by atoms with Crippen LogP contribution < -0.4 is 0 Å². The lowest BCUT2D eigenvalue weighted by Gasteiger charge is -2.21. The van der Waals surface area contributed by atoms with E-state index in [1.54, 1.807) is 12.1 Å². The number of nitrogens with zero attached hydrogens (tertiary/aromatic N) is 2. The molecule has 2 heterocycles. The summed E-state index contributed by atoms with van der Waals surface area (Å²) in [5.41, 5.74) is 1.47. The van der Waals surface area contributed by atoms with E-state index in [1.807, 2.05) is 12.1 Å². The average molecular weight is 359 g/mol. The first-order valence-electron chi connectivity index (χ1n) is 8.64. The van der Waals surface area contributed by atoms with Gasteiger partial charge in [-0.1, -0.05) is 54.4 Å². The summed E-state index contributed by atoms with van der Waals surface area (Å²) in [7, 11) is 0. The topological polar surface area (TPSA) is 62.1 Å². The van der Waals surface area contributed by atoms with Crippen molar-refractivity contribution >= 4 is 23.4 Å². The number of rotatable bonds is 1. The van der Waals surface area contributed by atoms with Crippen LogP contribution in [0.3, 0.4) is 0 Å². The van der Waals surface area contributed by atoms with Crippen LogP contribution in [0.1, 0.15) is 31.2 Å². The lowest BCUT2D eigenvalue weighted by Crippen LogP contribution is -2.36. The summed E-state index contributed by atoms with van der Waals surface area (Å²) in [6, 6.07) is 7.34. The van der Waals surface area contributed by atoms with Crippen LogP contribution in [0.25, 0.3) is 0 Å². The van der Waals surface area contributed by atoms with Crippen molar-refractivity contribution in [2.24, 2.45) is 22.9 Å². The van der Waals surface area contributed by atoms with E-state index in [-0.39, 0.29) is 11.8 Å². The lowest BCUT2D eigenvalue weighted by molar-refractivity contribution is -0.0180. The van der Waals surface area contributed by atoms with Crippen LogP contribution in [0.5, 0.6) is 0 Å². The number of carboxylic acid groups (broad SMARTS) is 1. The van der Waals surface area contributed by atoms with Crippen molar-refractivity contribution in [3.8, 4) is 11.8 Å². The maximum Gasteiger partial charge on any atom is 0.410 e. The third-order valence-electron chi connectivity index (χ3n) is 5.47. The van der Waals surface area contributed by atoms with Gasteiger partial charge in [0.2, 0.25) is 6.23 Å². The third kappa shape index (κ3) is 3.07. The van der Waals surface area contributed by atoms with Gasteiger partial charge in [-0.05, 0) is 36.0 Å². The Balaban J connectivity index is 1.60. The Morgan fingerprint density at radius 3 is 2.84 bits per heavy atom. The highest BCUT2D eigenvalue weighted by atomic mass is 35.5. The van der Waals surface area contributed by atoms with Crippen LogP contribution >= 0.6 is 11.6 Å². The SMILES string of the molecule is O=C(O)N1CC(C2CCCC2)C2C(C#Cc3cccc(Cl)c3)=NOC21. The summed E-state index contributed by atoms with van der Waals surface area (Å²) < 4.78 is 0. The fourth-order valence-electron chi connectivity index (χ4n) is 4.31. The van der Waals surface area contributed by atoms with Gasteiger partial charge in [0.1, 0.15) is 5.71 Å². The minimum atomic E-state index is -0.949. The van der Waals surface area contributed by atoms with Crippen molar-refractivity contribution in [2.45, 2.75) is 31.9 Å². The van der Waals surface area contributed by atoms with Gasteiger partial charge in [0.25, 0.3) is 0 Å². The first kappa shape index (κ1) is 16.3. The van der Waals surface area contributed by atoms with E-state index >= 15 is 0 Å². The molecule has 2 aliphatic heterocycles. The van der Waals surface area contributed by atoms with Gasteiger partial charge >= 0.3 is 6.09 Å². The van der Waals surface area contributed by atoms with E-state index < -0.39 is 12.3 Å². The molecule has 5 nitrogen and oxygen atoms in total. The zero-order valence-electron chi connectivity index (χ0n) is 13.7. The molecule has 0 bridgehead atoms. The predicted octanol–water partition coefficient (Wildman–Crippen LogP) is 3.82. The molecule has 1 aliphatic carbocycles. The molecule has 25 heavy (non-hydrogen) atoms. The highest BCUT2D eigenvalue weighted by molar-refractivity contribution is 6.30. The second-order valence-corrected chi connectivity index (χ2v) is 7.34. The summed E-state index contributed by atoms with van der Waals surface area (Å²) >= 11 is 6.00. The number of hydrogen-bond acceptors (Lipinski definition) is 3. The Morgan fingerprint density at radius 2 is 2.12 bits per heavy atom. The molecule has 130 valence electrons. The van der Waals surface area contributed by atoms with E-state index in [4.69, 9.17) is 16.4 Å². The van der Waals surface area contributed by atoms with Gasteiger partial charge in [-0.25, -0.2) is 4.79 Å². The van der Waals surface area contributed by atoms with Crippen molar-refractivity contribution in [1.82, 2.24) is 4.90 Å². The number of amides is 1. The van der Waals surface area contributed by atoms with Crippen LogP contribution in [-0.2, 0) is 4.84 Å². The number of carbonyl (C=O) groups is 1. The molecule has 1 aromatic rings. The highest BCUT2D eigenvalue weighted by Crippen LogP contribution is 2.45. The molecule has 1 amide bonds. The van der Waals surface area contributed by atoms with Gasteiger partial charge in [0.15, 0.2) is 0 Å². The van der Waals surface area contributed by atoms with Crippen LogP contribution in [0, 0.1) is 29.6 Å². The Hall–Kier alpha value is -2.19. The van der Waals surface area contributed by atoms with Gasteiger partial charge < -0.3 is 9.94 Å². The molecule has 6 heteroatoms. The van der Waals surface area contributed by atoms with Crippen molar-refractivity contribution in [3.63, 3.8) is 0 Å². The lowest BCUT2D eigenvalue weighted by atomic mass is 9.80. The molecule has 1 N–H and O–H groups in total. The number of oxime groups is 1. The summed E-state index contributed by atoms with van der Waals surface area (Å²) in [4.78, 5) is 18.4. The molecule has 3 aliphatic rings. The number of hydrogen-bond donors (Lipinski definition) is 1. The van der Waals surface area contributed by atoms with Crippen molar-refractivity contribution < 1.29 is 14.7 Å². The molecule has 0 spiro atoms. The van der Waals surface area contributed by atoms with Gasteiger partial charge in [-0.2, -0.15) is 0 Å². The molecule has 3 atom stereocenters. The smallest absolute Gasteiger partial charge is 0.410 e. The van der Waals surface area contributed by atoms with E-state index in [9.17, 15) is 9.90 Å². The molecule has 4 rings (SSSR count). The number of likely N-dealkylation sites (tertiary alicyclic amines) is 1. The van der Waals surface area contributed by atoms with Gasteiger partial charge in [-0.3, -0.25) is 4.90 Å².